The molecule has 154 valence electrons. The fourth-order valence-corrected chi connectivity index (χ4v) is 3.00. The molecule has 0 spiro atoms. The first kappa shape index (κ1) is 20.9. The van der Waals surface area contributed by atoms with Gasteiger partial charge in [0.15, 0.2) is 6.61 Å². The van der Waals surface area contributed by atoms with Gasteiger partial charge in [0.1, 0.15) is 11.5 Å². The summed E-state index contributed by atoms with van der Waals surface area (Å²) < 4.78 is 15.6. The Morgan fingerprint density at radius 3 is 2.33 bits per heavy atom. The molecule has 3 aromatic rings. The number of ether oxygens (including phenoxy) is 3. The molecule has 0 aliphatic carbocycles. The Morgan fingerprint density at radius 1 is 0.867 bits per heavy atom. The summed E-state index contributed by atoms with van der Waals surface area (Å²) >= 11 is 0. The second kappa shape index (κ2) is 10.1. The van der Waals surface area contributed by atoms with Crippen molar-refractivity contribution in [1.82, 2.24) is 0 Å². The van der Waals surface area contributed by atoms with Gasteiger partial charge in [-0.15, -0.1) is 0 Å². The molecule has 0 aliphatic heterocycles. The Bertz CT molecular complexity index is 1020. The van der Waals surface area contributed by atoms with E-state index in [0.29, 0.717) is 29.2 Å². The van der Waals surface area contributed by atoms with E-state index in [2.05, 4.69) is 5.32 Å². The average Bonchev–Trinajstić information content (AvgIpc) is 2.78. The highest BCUT2D eigenvalue weighted by Gasteiger charge is 2.16. The molecule has 0 bridgehead atoms. The highest BCUT2D eigenvalue weighted by Crippen LogP contribution is 2.28. The van der Waals surface area contributed by atoms with E-state index in [1.54, 1.807) is 30.3 Å². The fourth-order valence-electron chi connectivity index (χ4n) is 3.00. The normalized spacial score (nSPS) is 10.2. The zero-order valence-corrected chi connectivity index (χ0v) is 16.9. The van der Waals surface area contributed by atoms with Crippen LogP contribution in [0, 0.1) is 0 Å². The van der Waals surface area contributed by atoms with Gasteiger partial charge in [-0.3, -0.25) is 4.79 Å². The number of amides is 1. The topological polar surface area (TPSA) is 73.9 Å². The number of carbonyl (C=O) groups is 2. The Morgan fingerprint density at radius 2 is 1.60 bits per heavy atom. The fraction of sp³-hybridized carbons (Fsp3) is 0.167. The summed E-state index contributed by atoms with van der Waals surface area (Å²) in [4.78, 5) is 24.9. The van der Waals surface area contributed by atoms with E-state index >= 15 is 0 Å². The second-order valence-corrected chi connectivity index (χ2v) is 6.51. The van der Waals surface area contributed by atoms with Crippen LogP contribution >= 0.6 is 0 Å². The Labute approximate surface area is 175 Å². The molecule has 0 saturated carbocycles. The minimum absolute atomic E-state index is 0.418. The number of esters is 1. The second-order valence-electron chi connectivity index (χ2n) is 6.51. The summed E-state index contributed by atoms with van der Waals surface area (Å²) in [5.41, 5.74) is 2.79. The lowest BCUT2D eigenvalue weighted by atomic mass is 10.00. The van der Waals surface area contributed by atoms with Crippen molar-refractivity contribution in [1.29, 1.82) is 0 Å². The van der Waals surface area contributed by atoms with E-state index in [0.717, 1.165) is 11.1 Å². The number of carbonyl (C=O) groups excluding carboxylic acids is 2. The minimum atomic E-state index is -0.547. The number of benzene rings is 3. The summed E-state index contributed by atoms with van der Waals surface area (Å²) in [7, 11) is 3.03. The van der Waals surface area contributed by atoms with Gasteiger partial charge in [0.05, 0.1) is 25.5 Å². The van der Waals surface area contributed by atoms with Gasteiger partial charge in [-0.25, -0.2) is 4.79 Å². The molecule has 30 heavy (non-hydrogen) atoms. The van der Waals surface area contributed by atoms with Crippen LogP contribution in [0.1, 0.15) is 21.5 Å². The van der Waals surface area contributed by atoms with Gasteiger partial charge in [0, 0.05) is 6.07 Å². The number of methoxy groups -OCH3 is 2. The molecule has 1 N–H and O–H groups in total. The summed E-state index contributed by atoms with van der Waals surface area (Å²) in [6.45, 7) is -0.418. The lowest BCUT2D eigenvalue weighted by molar-refractivity contribution is -0.119. The van der Waals surface area contributed by atoms with Crippen molar-refractivity contribution in [2.45, 2.75) is 6.42 Å². The van der Waals surface area contributed by atoms with Gasteiger partial charge in [-0.05, 0) is 35.7 Å². The van der Waals surface area contributed by atoms with Gasteiger partial charge in [-0.1, -0.05) is 48.5 Å². The van der Waals surface area contributed by atoms with E-state index < -0.39 is 18.5 Å². The van der Waals surface area contributed by atoms with E-state index in [1.165, 1.54) is 14.2 Å². The van der Waals surface area contributed by atoms with E-state index in [9.17, 15) is 9.59 Å². The molecule has 0 unspecified atom stereocenters. The van der Waals surface area contributed by atoms with Crippen LogP contribution in [0.15, 0.2) is 72.8 Å². The molecule has 0 radical (unpaired) electrons. The smallest absolute Gasteiger partial charge is 0.338 e. The van der Waals surface area contributed by atoms with Crippen molar-refractivity contribution >= 4 is 17.6 Å². The van der Waals surface area contributed by atoms with Crippen LogP contribution in [0.2, 0.25) is 0 Å². The molecule has 0 fully saturated rings. The third-order valence-corrected chi connectivity index (χ3v) is 4.49. The molecule has 0 atom stereocenters. The Hall–Kier alpha value is -3.80. The summed E-state index contributed by atoms with van der Waals surface area (Å²) in [6, 6.07) is 22.1. The maximum absolute atomic E-state index is 12.6. The molecule has 3 rings (SSSR count). The van der Waals surface area contributed by atoms with Crippen molar-refractivity contribution in [3.05, 3.63) is 89.5 Å². The van der Waals surface area contributed by atoms with E-state index in [4.69, 9.17) is 14.2 Å². The van der Waals surface area contributed by atoms with Gasteiger partial charge in [0.25, 0.3) is 5.91 Å². The third kappa shape index (κ3) is 5.38. The molecule has 0 heterocycles. The molecule has 6 nitrogen and oxygen atoms in total. The number of rotatable bonds is 8. The van der Waals surface area contributed by atoms with Crippen LogP contribution in [0.25, 0.3) is 0 Å². The van der Waals surface area contributed by atoms with Crippen LogP contribution in [-0.2, 0) is 16.0 Å². The van der Waals surface area contributed by atoms with Crippen LogP contribution < -0.4 is 14.8 Å². The van der Waals surface area contributed by atoms with Crippen molar-refractivity contribution in [3.8, 4) is 11.5 Å². The zero-order chi connectivity index (χ0) is 21.3. The molecule has 0 aliphatic rings. The first-order valence-electron chi connectivity index (χ1n) is 9.41. The van der Waals surface area contributed by atoms with Crippen molar-refractivity contribution in [3.63, 3.8) is 0 Å². The maximum Gasteiger partial charge on any atom is 0.338 e. The van der Waals surface area contributed by atoms with E-state index in [-0.39, 0.29) is 0 Å². The Balaban J connectivity index is 1.64. The largest absolute Gasteiger partial charge is 0.497 e. The van der Waals surface area contributed by atoms with Gasteiger partial charge in [-0.2, -0.15) is 0 Å². The van der Waals surface area contributed by atoms with Crippen molar-refractivity contribution in [2.24, 2.45) is 0 Å². The van der Waals surface area contributed by atoms with Gasteiger partial charge >= 0.3 is 5.97 Å². The van der Waals surface area contributed by atoms with Crippen LogP contribution in [0.5, 0.6) is 11.5 Å². The molecule has 0 aromatic heterocycles. The highest BCUT2D eigenvalue weighted by molar-refractivity contribution is 5.97. The zero-order valence-electron chi connectivity index (χ0n) is 16.9. The molecule has 3 aromatic carbocycles. The average molecular weight is 405 g/mol. The molecule has 0 saturated heterocycles. The van der Waals surface area contributed by atoms with E-state index in [1.807, 2.05) is 42.5 Å². The number of hydrogen-bond acceptors (Lipinski definition) is 5. The standard InChI is InChI=1S/C24H23NO5/c1-28-19-12-13-22(29-2)21(15-19)25-23(26)16-30-24(27)20-11-7-6-10-18(20)14-17-8-4-3-5-9-17/h3-13,15H,14,16H2,1-2H3,(H,25,26). The summed E-state index contributed by atoms with van der Waals surface area (Å²) in [5, 5.41) is 2.68. The first-order valence-corrected chi connectivity index (χ1v) is 9.41. The van der Waals surface area contributed by atoms with Crippen molar-refractivity contribution < 1.29 is 23.8 Å². The predicted octanol–water partition coefficient (Wildman–Crippen LogP) is 4.09. The number of anilines is 1. The number of nitrogens with one attached hydrogen (secondary N) is 1. The van der Waals surface area contributed by atoms with Gasteiger partial charge < -0.3 is 19.5 Å². The minimum Gasteiger partial charge on any atom is -0.497 e. The number of hydrogen-bond donors (Lipinski definition) is 1. The molecular weight excluding hydrogens is 382 g/mol. The van der Waals surface area contributed by atoms with Gasteiger partial charge in [0.2, 0.25) is 0 Å². The quantitative estimate of drug-likeness (QED) is 0.572. The van der Waals surface area contributed by atoms with Crippen molar-refractivity contribution in [2.75, 3.05) is 26.1 Å². The summed E-state index contributed by atoms with van der Waals surface area (Å²) in [6.07, 6.45) is 0.597. The lowest BCUT2D eigenvalue weighted by Gasteiger charge is -2.13. The highest BCUT2D eigenvalue weighted by atomic mass is 16.5. The third-order valence-electron chi connectivity index (χ3n) is 4.49. The van der Waals surface area contributed by atoms with Crippen LogP contribution in [-0.4, -0.2) is 32.7 Å². The molecular formula is C24H23NO5. The first-order chi connectivity index (χ1) is 14.6. The lowest BCUT2D eigenvalue weighted by Crippen LogP contribution is -2.21. The monoisotopic (exact) mass is 405 g/mol. The SMILES string of the molecule is COc1ccc(OC)c(NC(=O)COC(=O)c2ccccc2Cc2ccccc2)c1. The molecule has 1 amide bonds. The summed E-state index contributed by atoms with van der Waals surface area (Å²) in [5.74, 6) is 0.0198. The maximum atomic E-state index is 12.6. The van der Waals surface area contributed by atoms with Crippen LogP contribution in [0.4, 0.5) is 5.69 Å². The predicted molar refractivity (Wildman–Crippen MR) is 114 cm³/mol. The Kier molecular flexibility index (Phi) is 7.05. The van der Waals surface area contributed by atoms with Crippen LogP contribution in [0.3, 0.4) is 0 Å². The molecule has 6 heteroatoms.